The molecule has 23 heavy (non-hydrogen) atoms. The summed E-state index contributed by atoms with van der Waals surface area (Å²) in [5.41, 5.74) is 2.83. The molecule has 1 aliphatic carbocycles. The van der Waals surface area contributed by atoms with E-state index in [1.807, 2.05) is 11.7 Å². The molecule has 0 N–H and O–H groups in total. The first kappa shape index (κ1) is 16.4. The first-order chi connectivity index (χ1) is 10.9. The summed E-state index contributed by atoms with van der Waals surface area (Å²) in [5, 5.41) is 4.44. The Morgan fingerprint density at radius 2 is 1.78 bits per heavy atom. The zero-order valence-corrected chi connectivity index (χ0v) is 14.6. The van der Waals surface area contributed by atoms with Gasteiger partial charge in [0, 0.05) is 44.5 Å². The van der Waals surface area contributed by atoms with Crippen LogP contribution in [0.5, 0.6) is 0 Å². The number of fused-ring (bicyclic) bond motifs is 1. The molecule has 2 aliphatic rings. The largest absolute Gasteiger partial charge is 0.335 e. The summed E-state index contributed by atoms with van der Waals surface area (Å²) in [4.78, 5) is 14.5. The van der Waals surface area contributed by atoms with Crippen molar-refractivity contribution in [2.75, 3.05) is 31.9 Å². The summed E-state index contributed by atoms with van der Waals surface area (Å²) < 4.78 is 27.1. The van der Waals surface area contributed by atoms with Gasteiger partial charge in [0.2, 0.25) is 10.0 Å². The van der Waals surface area contributed by atoms with E-state index in [1.165, 1.54) is 10.00 Å². The number of aromatic nitrogens is 2. The van der Waals surface area contributed by atoms with Crippen molar-refractivity contribution in [1.29, 1.82) is 0 Å². The summed E-state index contributed by atoms with van der Waals surface area (Å²) in [6, 6.07) is 0. The van der Waals surface area contributed by atoms with E-state index in [-0.39, 0.29) is 11.7 Å². The van der Waals surface area contributed by atoms with Gasteiger partial charge in [0.05, 0.1) is 5.75 Å². The second kappa shape index (κ2) is 6.24. The van der Waals surface area contributed by atoms with E-state index in [0.717, 1.165) is 31.2 Å². The lowest BCUT2D eigenvalue weighted by molar-refractivity contribution is 0.0690. The van der Waals surface area contributed by atoms with Crippen molar-refractivity contribution in [2.24, 2.45) is 7.05 Å². The Balaban J connectivity index is 1.74. The second-order valence-electron chi connectivity index (χ2n) is 6.20. The summed E-state index contributed by atoms with van der Waals surface area (Å²) in [6.07, 6.45) is 4.14. The molecule has 0 unspecified atom stereocenters. The number of sulfonamides is 1. The molecule has 1 aromatic heterocycles. The first-order valence-corrected chi connectivity index (χ1v) is 9.87. The third-order valence-corrected chi connectivity index (χ3v) is 6.73. The van der Waals surface area contributed by atoms with E-state index < -0.39 is 10.0 Å². The number of nitrogens with zero attached hydrogens (tertiary/aromatic N) is 4. The summed E-state index contributed by atoms with van der Waals surface area (Å²) >= 11 is 0. The van der Waals surface area contributed by atoms with Gasteiger partial charge < -0.3 is 4.90 Å². The van der Waals surface area contributed by atoms with Gasteiger partial charge in [0.25, 0.3) is 5.91 Å². The highest BCUT2D eigenvalue weighted by atomic mass is 32.2. The van der Waals surface area contributed by atoms with Crippen molar-refractivity contribution in [2.45, 2.75) is 32.6 Å². The van der Waals surface area contributed by atoms with E-state index in [9.17, 15) is 13.2 Å². The first-order valence-electron chi connectivity index (χ1n) is 8.26. The highest BCUT2D eigenvalue weighted by Crippen LogP contribution is 2.25. The number of amides is 1. The molecule has 0 spiro atoms. The average molecular weight is 340 g/mol. The molecule has 8 heteroatoms. The third-order valence-electron chi connectivity index (χ3n) is 4.85. The third kappa shape index (κ3) is 3.01. The van der Waals surface area contributed by atoms with Crippen LogP contribution in [0.2, 0.25) is 0 Å². The maximum atomic E-state index is 12.8. The quantitative estimate of drug-likeness (QED) is 0.798. The average Bonchev–Trinajstić information content (AvgIpc) is 2.92. The fourth-order valence-corrected chi connectivity index (χ4v) is 4.53. The Labute approximate surface area is 137 Å². The SMILES string of the molecule is CCS(=O)(=O)N1CCN(C(=O)c2nn(C)c3c2CCCC3)CC1. The van der Waals surface area contributed by atoms with Gasteiger partial charge in [-0.2, -0.15) is 9.40 Å². The van der Waals surface area contributed by atoms with Gasteiger partial charge >= 0.3 is 0 Å². The number of carbonyl (C=O) groups is 1. The molecule has 0 atom stereocenters. The molecule has 0 saturated carbocycles. The van der Waals surface area contributed by atoms with Gasteiger partial charge in [-0.15, -0.1) is 0 Å². The zero-order valence-electron chi connectivity index (χ0n) is 13.8. The number of aryl methyl sites for hydroxylation is 1. The normalized spacial score (nSPS) is 19.7. The Bertz CT molecular complexity index is 703. The summed E-state index contributed by atoms with van der Waals surface area (Å²) in [5.74, 6) is 0.0478. The van der Waals surface area contributed by atoms with Gasteiger partial charge in [0.1, 0.15) is 0 Å². The molecule has 3 rings (SSSR count). The van der Waals surface area contributed by atoms with E-state index in [1.54, 1.807) is 11.8 Å². The van der Waals surface area contributed by atoms with Crippen molar-refractivity contribution in [1.82, 2.24) is 19.0 Å². The minimum atomic E-state index is -3.17. The van der Waals surface area contributed by atoms with Crippen LogP contribution in [0, 0.1) is 0 Å². The van der Waals surface area contributed by atoms with E-state index in [2.05, 4.69) is 5.10 Å². The van der Waals surface area contributed by atoms with Gasteiger partial charge in [0.15, 0.2) is 5.69 Å². The fraction of sp³-hybridized carbons (Fsp3) is 0.733. The van der Waals surface area contributed by atoms with Crippen LogP contribution in [0.1, 0.15) is 41.5 Å². The molecule has 0 bridgehead atoms. The van der Waals surface area contributed by atoms with Crippen LogP contribution >= 0.6 is 0 Å². The zero-order chi connectivity index (χ0) is 16.6. The minimum Gasteiger partial charge on any atom is -0.335 e. The predicted molar refractivity (Wildman–Crippen MR) is 86.8 cm³/mol. The molecule has 1 fully saturated rings. The number of hydrogen-bond donors (Lipinski definition) is 0. The molecular weight excluding hydrogens is 316 g/mol. The predicted octanol–water partition coefficient (Wildman–Crippen LogP) is 0.406. The molecule has 0 aromatic carbocycles. The number of piperazine rings is 1. The lowest BCUT2D eigenvalue weighted by Gasteiger charge is -2.33. The van der Waals surface area contributed by atoms with Crippen LogP contribution in [0.4, 0.5) is 0 Å². The monoisotopic (exact) mass is 340 g/mol. The fourth-order valence-electron chi connectivity index (χ4n) is 3.45. The number of carbonyl (C=O) groups excluding carboxylic acids is 1. The molecule has 7 nitrogen and oxygen atoms in total. The maximum Gasteiger partial charge on any atom is 0.274 e. The van der Waals surface area contributed by atoms with Gasteiger partial charge in [-0.25, -0.2) is 8.42 Å². The Morgan fingerprint density at radius 1 is 1.13 bits per heavy atom. The van der Waals surface area contributed by atoms with Crippen LogP contribution in [0.25, 0.3) is 0 Å². The maximum absolute atomic E-state index is 12.8. The van der Waals surface area contributed by atoms with E-state index in [4.69, 9.17) is 0 Å². The van der Waals surface area contributed by atoms with Crippen LogP contribution in [0.3, 0.4) is 0 Å². The smallest absolute Gasteiger partial charge is 0.274 e. The lowest BCUT2D eigenvalue weighted by Crippen LogP contribution is -2.51. The lowest BCUT2D eigenvalue weighted by atomic mass is 9.95. The Morgan fingerprint density at radius 3 is 2.43 bits per heavy atom. The van der Waals surface area contributed by atoms with E-state index in [0.29, 0.717) is 31.9 Å². The Hall–Kier alpha value is -1.41. The summed E-state index contributed by atoms with van der Waals surface area (Å²) in [6.45, 7) is 3.26. The standard InChI is InChI=1S/C15H24N4O3S/c1-3-23(21,22)19-10-8-18(9-11-19)15(20)14-12-6-4-5-7-13(12)17(2)16-14/h3-11H2,1-2H3. The molecule has 1 saturated heterocycles. The van der Waals surface area contributed by atoms with Crippen molar-refractivity contribution in [3.05, 3.63) is 17.0 Å². The molecule has 1 aromatic rings. The highest BCUT2D eigenvalue weighted by Gasteiger charge is 2.31. The van der Waals surface area contributed by atoms with Crippen molar-refractivity contribution < 1.29 is 13.2 Å². The molecule has 2 heterocycles. The van der Waals surface area contributed by atoms with Gasteiger partial charge in [-0.05, 0) is 32.6 Å². The van der Waals surface area contributed by atoms with Crippen molar-refractivity contribution in [3.8, 4) is 0 Å². The van der Waals surface area contributed by atoms with Crippen molar-refractivity contribution >= 4 is 15.9 Å². The number of hydrogen-bond acceptors (Lipinski definition) is 4. The van der Waals surface area contributed by atoms with Gasteiger partial charge in [-0.3, -0.25) is 9.48 Å². The van der Waals surface area contributed by atoms with Crippen LogP contribution < -0.4 is 0 Å². The molecule has 1 amide bonds. The van der Waals surface area contributed by atoms with Crippen LogP contribution in [-0.4, -0.2) is 65.2 Å². The van der Waals surface area contributed by atoms with Crippen molar-refractivity contribution in [3.63, 3.8) is 0 Å². The van der Waals surface area contributed by atoms with Crippen LogP contribution in [-0.2, 0) is 29.9 Å². The highest BCUT2D eigenvalue weighted by molar-refractivity contribution is 7.89. The minimum absolute atomic E-state index is 0.0581. The molecular formula is C15H24N4O3S. The second-order valence-corrected chi connectivity index (χ2v) is 8.45. The topological polar surface area (TPSA) is 75.5 Å². The summed E-state index contributed by atoms with van der Waals surface area (Å²) in [7, 11) is -1.27. The number of rotatable bonds is 3. The van der Waals surface area contributed by atoms with Crippen LogP contribution in [0.15, 0.2) is 0 Å². The molecule has 0 radical (unpaired) electrons. The Kier molecular flexibility index (Phi) is 4.46. The molecule has 128 valence electrons. The van der Waals surface area contributed by atoms with Gasteiger partial charge in [-0.1, -0.05) is 0 Å². The van der Waals surface area contributed by atoms with E-state index >= 15 is 0 Å². The molecule has 1 aliphatic heterocycles.